The molecule has 1 aromatic carbocycles. The van der Waals surface area contributed by atoms with Crippen LogP contribution in [0.15, 0.2) is 75.8 Å². The summed E-state index contributed by atoms with van der Waals surface area (Å²) in [4.78, 5) is 24.0. The largest absolute Gasteiger partial charge is 0.493 e. The fourth-order valence-electron chi connectivity index (χ4n) is 4.61. The van der Waals surface area contributed by atoms with E-state index in [9.17, 15) is 9.90 Å². The van der Waals surface area contributed by atoms with Gasteiger partial charge in [0.2, 0.25) is 5.88 Å². The lowest BCUT2D eigenvalue weighted by atomic mass is 9.97. The number of amides is 1. The summed E-state index contributed by atoms with van der Waals surface area (Å²) >= 11 is 1.46. The van der Waals surface area contributed by atoms with Gasteiger partial charge in [0.1, 0.15) is 5.71 Å². The first-order chi connectivity index (χ1) is 18.1. The molecule has 2 aliphatic heterocycles. The summed E-state index contributed by atoms with van der Waals surface area (Å²) in [7, 11) is 0. The lowest BCUT2D eigenvalue weighted by Crippen LogP contribution is -2.34. The van der Waals surface area contributed by atoms with Crippen LogP contribution in [0.25, 0.3) is 10.9 Å². The first-order valence-corrected chi connectivity index (χ1v) is 13.1. The molecule has 10 nitrogen and oxygen atoms in total. The van der Waals surface area contributed by atoms with Crippen molar-refractivity contribution in [3.63, 3.8) is 0 Å². The van der Waals surface area contributed by atoms with E-state index >= 15 is 0 Å². The minimum atomic E-state index is -0.612. The number of pyridine rings is 1. The molecule has 2 atom stereocenters. The van der Waals surface area contributed by atoms with Crippen LogP contribution in [-0.2, 0) is 21.0 Å². The van der Waals surface area contributed by atoms with E-state index in [0.29, 0.717) is 17.8 Å². The van der Waals surface area contributed by atoms with Gasteiger partial charge in [-0.25, -0.2) is 0 Å². The Morgan fingerprint density at radius 1 is 1.27 bits per heavy atom. The Labute approximate surface area is 218 Å². The molecule has 0 unspecified atom stereocenters. The number of oxime groups is 1. The van der Waals surface area contributed by atoms with Crippen LogP contribution in [0, 0.1) is 0 Å². The van der Waals surface area contributed by atoms with Gasteiger partial charge in [-0.05, 0) is 37.5 Å². The quantitative estimate of drug-likeness (QED) is 0.237. The first-order valence-electron chi connectivity index (χ1n) is 12.1. The van der Waals surface area contributed by atoms with Gasteiger partial charge in [0.25, 0.3) is 0 Å². The Kier molecular flexibility index (Phi) is 7.81. The number of hydrogen-bond acceptors (Lipinski definition) is 9. The molecule has 192 valence electrons. The normalized spacial score (nSPS) is 20.5. The highest BCUT2D eigenvalue weighted by atomic mass is 32.2. The number of carbonyl (C=O) groups excluding carboxylic acids is 1. The maximum atomic E-state index is 12.3. The molecule has 2 aromatic heterocycles. The van der Waals surface area contributed by atoms with Crippen LogP contribution in [0.3, 0.4) is 0 Å². The lowest BCUT2D eigenvalue weighted by molar-refractivity contribution is -0.122. The summed E-state index contributed by atoms with van der Waals surface area (Å²) < 4.78 is 7.15. The summed E-state index contributed by atoms with van der Waals surface area (Å²) in [6.07, 6.45) is 8.52. The van der Waals surface area contributed by atoms with Crippen LogP contribution < -0.4 is 0 Å². The SMILES string of the molecule is C/C(=N/OCC(=O)N=Nc1c(O)n(CN2CCCC[C@@H]2c2cccnc2)c2ccccc12)[C@@H]1OC=CS1. The van der Waals surface area contributed by atoms with Crippen LogP contribution in [-0.4, -0.2) is 49.8 Å². The maximum Gasteiger partial charge on any atom is 0.304 e. The van der Waals surface area contributed by atoms with Gasteiger partial charge in [-0.1, -0.05) is 47.6 Å². The van der Waals surface area contributed by atoms with Gasteiger partial charge < -0.3 is 14.7 Å². The number of thioether (sulfide) groups is 1. The third-order valence-corrected chi connectivity index (χ3v) is 7.35. The number of carbonyl (C=O) groups is 1. The summed E-state index contributed by atoms with van der Waals surface area (Å²) in [6, 6.07) is 11.8. The molecule has 3 aromatic rings. The van der Waals surface area contributed by atoms with Crippen molar-refractivity contribution >= 4 is 40.0 Å². The third kappa shape index (κ3) is 5.67. The van der Waals surface area contributed by atoms with Gasteiger partial charge in [-0.15, -0.1) is 10.2 Å². The number of nitrogens with zero attached hydrogens (tertiary/aromatic N) is 6. The Morgan fingerprint density at radius 3 is 2.97 bits per heavy atom. The first kappa shape index (κ1) is 25.0. The number of fused-ring (bicyclic) bond motifs is 1. The van der Waals surface area contributed by atoms with Crippen LogP contribution in [0.5, 0.6) is 5.88 Å². The Bertz CT molecular complexity index is 1330. The highest BCUT2D eigenvalue weighted by Crippen LogP contribution is 2.40. The number of aromatic nitrogens is 2. The molecular formula is C26H28N6O4S. The van der Waals surface area contributed by atoms with Gasteiger partial charge in [0, 0.05) is 35.8 Å². The molecule has 4 heterocycles. The molecule has 2 aliphatic rings. The number of para-hydroxylation sites is 1. The monoisotopic (exact) mass is 520 g/mol. The van der Waals surface area contributed by atoms with Gasteiger partial charge in [0.15, 0.2) is 17.7 Å². The molecule has 37 heavy (non-hydrogen) atoms. The van der Waals surface area contributed by atoms with Gasteiger partial charge >= 0.3 is 5.91 Å². The number of ether oxygens (including phenoxy) is 1. The fraction of sp³-hybridized carbons (Fsp3) is 0.346. The number of likely N-dealkylation sites (tertiary alicyclic amines) is 1. The van der Waals surface area contributed by atoms with Gasteiger partial charge in [0.05, 0.1) is 18.4 Å². The van der Waals surface area contributed by atoms with Crippen molar-refractivity contribution in [2.45, 2.75) is 44.3 Å². The summed E-state index contributed by atoms with van der Waals surface area (Å²) in [5.41, 5.74) is 2.58. The van der Waals surface area contributed by atoms with Crippen molar-refractivity contribution in [2.24, 2.45) is 15.4 Å². The molecule has 1 saturated heterocycles. The molecule has 1 N–H and O–H groups in total. The molecule has 0 bridgehead atoms. The molecule has 0 radical (unpaired) electrons. The minimum Gasteiger partial charge on any atom is -0.493 e. The molecule has 0 aliphatic carbocycles. The average Bonchev–Trinajstić information content (AvgIpc) is 3.56. The minimum absolute atomic E-state index is 0.0362. The Hall–Kier alpha value is -3.70. The topological polar surface area (TPSA) is 114 Å². The van der Waals surface area contributed by atoms with E-state index in [1.54, 1.807) is 19.4 Å². The second kappa shape index (κ2) is 11.6. The second-order valence-corrected chi connectivity index (χ2v) is 9.82. The summed E-state index contributed by atoms with van der Waals surface area (Å²) in [5, 5.41) is 25.5. The van der Waals surface area contributed by atoms with E-state index in [2.05, 4.69) is 31.3 Å². The van der Waals surface area contributed by atoms with E-state index in [4.69, 9.17) is 9.57 Å². The fourth-order valence-corrected chi connectivity index (χ4v) is 5.25. The number of hydrogen-bond donors (Lipinski definition) is 1. The van der Waals surface area contributed by atoms with Crippen molar-refractivity contribution < 1.29 is 19.5 Å². The lowest BCUT2D eigenvalue weighted by Gasteiger charge is -2.36. The average molecular weight is 521 g/mol. The van der Waals surface area contributed by atoms with Crippen molar-refractivity contribution in [3.8, 4) is 5.88 Å². The number of azo groups is 1. The van der Waals surface area contributed by atoms with Crippen LogP contribution >= 0.6 is 11.8 Å². The number of piperidine rings is 1. The van der Waals surface area contributed by atoms with E-state index in [1.807, 2.05) is 46.5 Å². The third-order valence-electron chi connectivity index (χ3n) is 6.38. The molecule has 11 heteroatoms. The predicted octanol–water partition coefficient (Wildman–Crippen LogP) is 5.49. The predicted molar refractivity (Wildman–Crippen MR) is 141 cm³/mol. The highest BCUT2D eigenvalue weighted by molar-refractivity contribution is 8.03. The standard InChI is InChI=1S/C26H28N6O4S/c1-18(26-35-13-14-37-26)30-36-16-23(33)28-29-24-20-8-2-3-10-22(20)32(25(24)34)17-31-12-5-4-9-21(31)19-7-6-11-27-15-19/h2-3,6-8,10-11,13-15,21,26,34H,4-5,9,12,16-17H2,1H3/b29-28?,30-18-/t21-,26-/m1/s1. The van der Waals surface area contributed by atoms with E-state index in [1.165, 1.54) is 11.8 Å². The van der Waals surface area contributed by atoms with E-state index in [-0.39, 0.29) is 29.7 Å². The van der Waals surface area contributed by atoms with Gasteiger partial charge in [-0.2, -0.15) is 0 Å². The Morgan fingerprint density at radius 2 is 2.16 bits per heavy atom. The molecule has 1 amide bonds. The van der Waals surface area contributed by atoms with Gasteiger partial charge in [-0.3, -0.25) is 19.2 Å². The second-order valence-electron chi connectivity index (χ2n) is 8.85. The van der Waals surface area contributed by atoms with Crippen molar-refractivity contribution in [1.29, 1.82) is 0 Å². The van der Waals surface area contributed by atoms with Crippen molar-refractivity contribution in [3.05, 3.63) is 66.0 Å². The summed E-state index contributed by atoms with van der Waals surface area (Å²) in [6.45, 7) is 2.76. The molecule has 5 rings (SSSR count). The molecule has 0 saturated carbocycles. The van der Waals surface area contributed by atoms with Crippen LogP contribution in [0.4, 0.5) is 5.69 Å². The van der Waals surface area contributed by atoms with Crippen LogP contribution in [0.2, 0.25) is 0 Å². The van der Waals surface area contributed by atoms with E-state index in [0.717, 1.165) is 36.9 Å². The van der Waals surface area contributed by atoms with Crippen LogP contribution in [0.1, 0.15) is 37.8 Å². The zero-order valence-corrected chi connectivity index (χ0v) is 21.3. The zero-order chi connectivity index (χ0) is 25.6. The molecule has 0 spiro atoms. The number of benzene rings is 1. The number of rotatable bonds is 8. The van der Waals surface area contributed by atoms with E-state index < -0.39 is 5.91 Å². The highest BCUT2D eigenvalue weighted by Gasteiger charge is 2.27. The van der Waals surface area contributed by atoms with Crippen molar-refractivity contribution in [2.75, 3.05) is 13.2 Å². The molecular weight excluding hydrogens is 492 g/mol. The smallest absolute Gasteiger partial charge is 0.304 e. The summed E-state index contributed by atoms with van der Waals surface area (Å²) in [5.74, 6) is -0.649. The molecule has 1 fully saturated rings. The number of aromatic hydroxyl groups is 1. The zero-order valence-electron chi connectivity index (χ0n) is 20.4. The Balaban J connectivity index is 1.32. The maximum absolute atomic E-state index is 12.3. The van der Waals surface area contributed by atoms with Crippen molar-refractivity contribution in [1.82, 2.24) is 14.5 Å².